The van der Waals surface area contributed by atoms with Gasteiger partial charge >= 0.3 is 0 Å². The lowest BCUT2D eigenvalue weighted by molar-refractivity contribution is -0.136. The summed E-state index contributed by atoms with van der Waals surface area (Å²) in [4.78, 5) is 48.9. The number of piperidine rings is 1. The van der Waals surface area contributed by atoms with Gasteiger partial charge in [-0.25, -0.2) is 0 Å². The van der Waals surface area contributed by atoms with Crippen molar-refractivity contribution in [1.29, 1.82) is 0 Å². The van der Waals surface area contributed by atoms with Crippen molar-refractivity contribution in [2.75, 3.05) is 6.61 Å². The van der Waals surface area contributed by atoms with Gasteiger partial charge in [0, 0.05) is 13.0 Å². The van der Waals surface area contributed by atoms with Crippen molar-refractivity contribution in [3.63, 3.8) is 0 Å². The molecule has 0 aromatic heterocycles. The van der Waals surface area contributed by atoms with Crippen LogP contribution in [-0.4, -0.2) is 46.3 Å². The van der Waals surface area contributed by atoms with Crippen LogP contribution >= 0.6 is 0 Å². The topological polar surface area (TPSA) is 104 Å². The molecule has 3 rings (SSSR count). The predicted octanol–water partition coefficient (Wildman–Crippen LogP) is -0.377. The number of hydrogen-bond donors (Lipinski definition) is 2. The molecule has 7 nitrogen and oxygen atoms in total. The van der Waals surface area contributed by atoms with Crippen LogP contribution in [0.4, 0.5) is 0 Å². The van der Waals surface area contributed by atoms with E-state index >= 15 is 0 Å². The third kappa shape index (κ3) is 2.19. The summed E-state index contributed by atoms with van der Waals surface area (Å²) in [7, 11) is 0. The van der Waals surface area contributed by atoms with Crippen molar-refractivity contribution in [2.45, 2.75) is 25.3 Å². The summed E-state index contributed by atoms with van der Waals surface area (Å²) in [6, 6.07) is 3.82. The number of amides is 4. The Labute approximate surface area is 125 Å². The van der Waals surface area contributed by atoms with Gasteiger partial charge in [0.05, 0.1) is 11.1 Å². The van der Waals surface area contributed by atoms with E-state index in [2.05, 4.69) is 5.32 Å². The van der Waals surface area contributed by atoms with Gasteiger partial charge in [-0.15, -0.1) is 0 Å². The minimum atomic E-state index is -0.952. The Morgan fingerprint density at radius 3 is 2.55 bits per heavy atom. The number of hydrogen-bond acceptors (Lipinski definition) is 5. The van der Waals surface area contributed by atoms with Crippen molar-refractivity contribution in [3.05, 3.63) is 34.9 Å². The molecular weight excluding hydrogens is 288 g/mol. The first-order chi connectivity index (χ1) is 10.5. The Bertz CT molecular complexity index is 697. The number of nitrogens with zero attached hydrogens (tertiary/aromatic N) is 1. The molecule has 4 amide bonds. The fraction of sp³-hybridized carbons (Fsp3) is 0.333. The minimum absolute atomic E-state index is 0.0578. The summed E-state index contributed by atoms with van der Waals surface area (Å²) < 4.78 is 0. The highest BCUT2D eigenvalue weighted by atomic mass is 16.3. The van der Waals surface area contributed by atoms with Crippen molar-refractivity contribution in [3.8, 4) is 0 Å². The highest BCUT2D eigenvalue weighted by molar-refractivity contribution is 6.23. The molecule has 7 heteroatoms. The SMILES string of the molecule is O=C1CCC(N2C(=O)c3ccc(CCO)cc3C2=O)C(=O)N1. The second kappa shape index (κ2) is 5.34. The molecule has 114 valence electrons. The zero-order chi connectivity index (χ0) is 15.9. The Morgan fingerprint density at radius 2 is 1.86 bits per heavy atom. The van der Waals surface area contributed by atoms with Crippen molar-refractivity contribution in [1.82, 2.24) is 10.2 Å². The quantitative estimate of drug-likeness (QED) is 0.741. The van der Waals surface area contributed by atoms with Crippen molar-refractivity contribution < 1.29 is 24.3 Å². The predicted molar refractivity (Wildman–Crippen MR) is 73.9 cm³/mol. The van der Waals surface area contributed by atoms with Crippen LogP contribution in [0, 0.1) is 0 Å². The zero-order valence-electron chi connectivity index (χ0n) is 11.7. The first-order valence-corrected chi connectivity index (χ1v) is 6.98. The third-order valence-corrected chi connectivity index (χ3v) is 3.90. The number of nitrogens with one attached hydrogen (secondary N) is 1. The Hall–Kier alpha value is -2.54. The Morgan fingerprint density at radius 1 is 1.14 bits per heavy atom. The highest BCUT2D eigenvalue weighted by Crippen LogP contribution is 2.28. The molecule has 2 aliphatic rings. The standard InChI is InChI=1S/C15H14N2O5/c18-6-5-8-1-2-9-10(7-8)15(22)17(14(9)21)11-3-4-12(19)16-13(11)20/h1-2,7,11,18H,3-6H2,(H,16,19,20). The monoisotopic (exact) mass is 302 g/mol. The van der Waals surface area contributed by atoms with Gasteiger partial charge in [0.15, 0.2) is 0 Å². The molecule has 0 aliphatic carbocycles. The lowest BCUT2D eigenvalue weighted by Gasteiger charge is -2.27. The summed E-state index contributed by atoms with van der Waals surface area (Å²) in [5.41, 5.74) is 1.23. The summed E-state index contributed by atoms with van der Waals surface area (Å²) >= 11 is 0. The summed E-state index contributed by atoms with van der Waals surface area (Å²) in [6.07, 6.45) is 0.617. The molecule has 1 aromatic carbocycles. The second-order valence-corrected chi connectivity index (χ2v) is 5.30. The summed E-state index contributed by atoms with van der Waals surface area (Å²) in [5, 5.41) is 11.1. The van der Waals surface area contributed by atoms with Crippen LogP contribution in [0.25, 0.3) is 0 Å². The van der Waals surface area contributed by atoms with Crippen LogP contribution in [0.1, 0.15) is 39.1 Å². The van der Waals surface area contributed by atoms with E-state index in [1.54, 1.807) is 12.1 Å². The number of carbonyl (C=O) groups is 4. The fourth-order valence-corrected chi connectivity index (χ4v) is 2.80. The number of benzene rings is 1. The van der Waals surface area contributed by atoms with E-state index < -0.39 is 29.7 Å². The van der Waals surface area contributed by atoms with Gasteiger partial charge in [-0.1, -0.05) is 6.07 Å². The molecule has 1 saturated heterocycles. The van der Waals surface area contributed by atoms with E-state index in [1.165, 1.54) is 6.07 Å². The van der Waals surface area contributed by atoms with E-state index in [1.807, 2.05) is 0 Å². The normalized spacial score (nSPS) is 21.1. The van der Waals surface area contributed by atoms with E-state index in [-0.39, 0.29) is 30.6 Å². The average molecular weight is 302 g/mol. The first kappa shape index (κ1) is 14.4. The second-order valence-electron chi connectivity index (χ2n) is 5.30. The molecule has 0 saturated carbocycles. The van der Waals surface area contributed by atoms with Crippen LogP contribution in [0.2, 0.25) is 0 Å². The zero-order valence-corrected chi connectivity index (χ0v) is 11.7. The minimum Gasteiger partial charge on any atom is -0.396 e. The molecule has 1 atom stereocenters. The highest BCUT2D eigenvalue weighted by Gasteiger charge is 2.44. The molecule has 1 aromatic rings. The van der Waals surface area contributed by atoms with Crippen molar-refractivity contribution >= 4 is 23.6 Å². The van der Waals surface area contributed by atoms with Gasteiger partial charge in [-0.2, -0.15) is 0 Å². The van der Waals surface area contributed by atoms with Gasteiger partial charge in [-0.05, 0) is 30.5 Å². The lowest BCUT2D eigenvalue weighted by atomic mass is 10.0. The first-order valence-electron chi connectivity index (χ1n) is 6.98. The molecule has 0 radical (unpaired) electrons. The van der Waals surface area contributed by atoms with E-state index in [0.29, 0.717) is 6.42 Å². The van der Waals surface area contributed by atoms with Crippen molar-refractivity contribution in [2.24, 2.45) is 0 Å². The lowest BCUT2D eigenvalue weighted by Crippen LogP contribution is -2.54. The summed E-state index contributed by atoms with van der Waals surface area (Å²) in [6.45, 7) is -0.0578. The maximum absolute atomic E-state index is 12.5. The summed E-state index contributed by atoms with van der Waals surface area (Å²) in [5.74, 6) is -2.08. The number of fused-ring (bicyclic) bond motifs is 1. The van der Waals surface area contributed by atoms with Crippen LogP contribution in [0.5, 0.6) is 0 Å². The van der Waals surface area contributed by atoms with Crippen LogP contribution in [0.15, 0.2) is 18.2 Å². The maximum Gasteiger partial charge on any atom is 0.262 e. The number of rotatable bonds is 3. The van der Waals surface area contributed by atoms with Gasteiger partial charge in [0.1, 0.15) is 6.04 Å². The number of imide groups is 2. The van der Waals surface area contributed by atoms with Gasteiger partial charge in [0.25, 0.3) is 11.8 Å². The number of carbonyl (C=O) groups excluding carboxylic acids is 4. The number of aliphatic hydroxyl groups excluding tert-OH is 1. The Balaban J connectivity index is 1.93. The largest absolute Gasteiger partial charge is 0.396 e. The van der Waals surface area contributed by atoms with Crippen LogP contribution < -0.4 is 5.32 Å². The number of aliphatic hydroxyl groups is 1. The van der Waals surface area contributed by atoms with Crippen LogP contribution in [0.3, 0.4) is 0 Å². The molecular formula is C15H14N2O5. The Kier molecular flexibility index (Phi) is 3.50. The fourth-order valence-electron chi connectivity index (χ4n) is 2.80. The molecule has 1 unspecified atom stereocenters. The van der Waals surface area contributed by atoms with E-state index in [9.17, 15) is 19.2 Å². The third-order valence-electron chi connectivity index (χ3n) is 3.90. The molecule has 2 N–H and O–H groups in total. The molecule has 22 heavy (non-hydrogen) atoms. The average Bonchev–Trinajstić information content (AvgIpc) is 2.72. The smallest absolute Gasteiger partial charge is 0.262 e. The molecule has 1 fully saturated rings. The van der Waals surface area contributed by atoms with Gasteiger partial charge in [-0.3, -0.25) is 29.4 Å². The molecule has 0 spiro atoms. The van der Waals surface area contributed by atoms with E-state index in [4.69, 9.17) is 5.11 Å². The van der Waals surface area contributed by atoms with Gasteiger partial charge in [0.2, 0.25) is 11.8 Å². The molecule has 2 aliphatic heterocycles. The maximum atomic E-state index is 12.5. The van der Waals surface area contributed by atoms with Crippen LogP contribution in [-0.2, 0) is 16.0 Å². The molecule has 0 bridgehead atoms. The van der Waals surface area contributed by atoms with Gasteiger partial charge < -0.3 is 5.11 Å². The molecule has 2 heterocycles. The van der Waals surface area contributed by atoms with E-state index in [0.717, 1.165) is 10.5 Å².